The zero-order valence-corrected chi connectivity index (χ0v) is 8.40. The molecule has 0 saturated carbocycles. The van der Waals surface area contributed by atoms with Gasteiger partial charge in [-0.25, -0.2) is 0 Å². The van der Waals surface area contributed by atoms with Crippen molar-refractivity contribution in [3.8, 4) is 11.1 Å². The van der Waals surface area contributed by atoms with Gasteiger partial charge in [-0.05, 0) is 23.1 Å². The van der Waals surface area contributed by atoms with Crippen LogP contribution in [0.2, 0.25) is 0 Å². The molecule has 0 N–H and O–H groups in total. The Hall–Kier alpha value is -1.56. The Balaban J connectivity index is 0. The Morgan fingerprint density at radius 3 is 1.59 bits per heavy atom. The standard InChI is InChI=1S/C14H14.3CH4/c1-2-12-8-10-14(11-9-12)13-6-4-3-5-7-13;;;/h3-11H,2H2,1H3;3*1H4. The molecule has 0 heteroatoms. The molecule has 0 aliphatic carbocycles. The first-order chi connectivity index (χ1) is 6.90. The maximum Gasteiger partial charge on any atom is -0.0184 e. The predicted octanol–water partition coefficient (Wildman–Crippen LogP) is 5.82. The summed E-state index contributed by atoms with van der Waals surface area (Å²) < 4.78 is 0. The Morgan fingerprint density at radius 1 is 0.647 bits per heavy atom. The van der Waals surface area contributed by atoms with Crippen LogP contribution >= 0.6 is 0 Å². The molecule has 2 rings (SSSR count). The molecule has 0 nitrogen and oxygen atoms in total. The monoisotopic (exact) mass is 230 g/mol. The lowest BCUT2D eigenvalue weighted by Gasteiger charge is -2.02. The lowest BCUT2D eigenvalue weighted by atomic mass is 10.0. The van der Waals surface area contributed by atoms with Crippen molar-refractivity contribution in [2.24, 2.45) is 0 Å². The summed E-state index contributed by atoms with van der Waals surface area (Å²) in [6.45, 7) is 2.18. The van der Waals surface area contributed by atoms with Gasteiger partial charge in [0.1, 0.15) is 0 Å². The van der Waals surface area contributed by atoms with Crippen LogP contribution in [0.25, 0.3) is 11.1 Å². The topological polar surface area (TPSA) is 0 Å². The van der Waals surface area contributed by atoms with Gasteiger partial charge in [0.15, 0.2) is 0 Å². The van der Waals surface area contributed by atoms with Crippen LogP contribution in [-0.4, -0.2) is 0 Å². The zero-order chi connectivity index (χ0) is 9.80. The largest absolute Gasteiger partial charge is 0.0776 e. The highest BCUT2D eigenvalue weighted by Gasteiger charge is 1.95. The molecule has 0 atom stereocenters. The molecule has 0 saturated heterocycles. The van der Waals surface area contributed by atoms with Crippen LogP contribution in [0.15, 0.2) is 54.6 Å². The highest BCUT2D eigenvalue weighted by atomic mass is 14.0. The minimum absolute atomic E-state index is 0. The molecule has 0 bridgehead atoms. The van der Waals surface area contributed by atoms with Gasteiger partial charge in [0.2, 0.25) is 0 Å². The minimum Gasteiger partial charge on any atom is -0.0776 e. The van der Waals surface area contributed by atoms with Crippen LogP contribution in [0, 0.1) is 0 Å². The van der Waals surface area contributed by atoms with E-state index in [1.165, 1.54) is 16.7 Å². The second-order valence-corrected chi connectivity index (χ2v) is 3.42. The van der Waals surface area contributed by atoms with E-state index in [1.807, 2.05) is 6.07 Å². The van der Waals surface area contributed by atoms with E-state index in [9.17, 15) is 0 Å². The molecular weight excluding hydrogens is 204 g/mol. The van der Waals surface area contributed by atoms with E-state index in [2.05, 4.69) is 55.5 Å². The first-order valence-corrected chi connectivity index (χ1v) is 5.04. The molecule has 0 unspecified atom stereocenters. The Bertz CT molecular complexity index is 384. The quantitative estimate of drug-likeness (QED) is 0.609. The van der Waals surface area contributed by atoms with Crippen molar-refractivity contribution in [1.82, 2.24) is 0 Å². The van der Waals surface area contributed by atoms with Crippen LogP contribution in [0.5, 0.6) is 0 Å². The van der Waals surface area contributed by atoms with E-state index >= 15 is 0 Å². The third-order valence-electron chi connectivity index (χ3n) is 2.47. The Labute approximate surface area is 107 Å². The number of rotatable bonds is 2. The highest BCUT2D eigenvalue weighted by molar-refractivity contribution is 5.63. The van der Waals surface area contributed by atoms with Crippen LogP contribution in [0.4, 0.5) is 0 Å². The average molecular weight is 230 g/mol. The van der Waals surface area contributed by atoms with Crippen molar-refractivity contribution < 1.29 is 0 Å². The van der Waals surface area contributed by atoms with Crippen molar-refractivity contribution in [3.05, 3.63) is 60.2 Å². The molecule has 0 aliphatic heterocycles. The number of hydrogen-bond donors (Lipinski definition) is 0. The fraction of sp³-hybridized carbons (Fsp3) is 0.294. The van der Waals surface area contributed by atoms with Gasteiger partial charge in [-0.2, -0.15) is 0 Å². The van der Waals surface area contributed by atoms with Gasteiger partial charge in [-0.1, -0.05) is 83.8 Å². The fourth-order valence-electron chi connectivity index (χ4n) is 1.56. The van der Waals surface area contributed by atoms with Crippen molar-refractivity contribution in [2.45, 2.75) is 35.6 Å². The van der Waals surface area contributed by atoms with Crippen LogP contribution in [0.3, 0.4) is 0 Å². The number of hydrogen-bond acceptors (Lipinski definition) is 0. The van der Waals surface area contributed by atoms with Crippen LogP contribution in [0.1, 0.15) is 34.8 Å². The molecule has 0 aromatic heterocycles. The van der Waals surface area contributed by atoms with Gasteiger partial charge >= 0.3 is 0 Å². The minimum atomic E-state index is 0. The summed E-state index contributed by atoms with van der Waals surface area (Å²) in [5.41, 5.74) is 3.97. The zero-order valence-electron chi connectivity index (χ0n) is 8.40. The van der Waals surface area contributed by atoms with Crippen molar-refractivity contribution in [2.75, 3.05) is 0 Å². The molecule has 0 spiro atoms. The van der Waals surface area contributed by atoms with Gasteiger partial charge < -0.3 is 0 Å². The normalized spacial score (nSPS) is 8.29. The molecule has 2 aromatic carbocycles. The Kier molecular flexibility index (Phi) is 8.99. The lowest BCUT2D eigenvalue weighted by molar-refractivity contribution is 1.14. The summed E-state index contributed by atoms with van der Waals surface area (Å²) >= 11 is 0. The molecule has 2 aromatic rings. The number of aryl methyl sites for hydroxylation is 1. The van der Waals surface area contributed by atoms with Gasteiger partial charge in [-0.3, -0.25) is 0 Å². The fourth-order valence-corrected chi connectivity index (χ4v) is 1.56. The summed E-state index contributed by atoms with van der Waals surface area (Å²) in [6, 6.07) is 19.2. The first kappa shape index (κ1) is 17.8. The molecule has 17 heavy (non-hydrogen) atoms. The summed E-state index contributed by atoms with van der Waals surface area (Å²) in [5, 5.41) is 0. The van der Waals surface area contributed by atoms with E-state index < -0.39 is 0 Å². The summed E-state index contributed by atoms with van der Waals surface area (Å²) in [7, 11) is 0. The smallest absolute Gasteiger partial charge is 0.0184 e. The highest BCUT2D eigenvalue weighted by Crippen LogP contribution is 2.19. The third-order valence-corrected chi connectivity index (χ3v) is 2.47. The van der Waals surface area contributed by atoms with E-state index in [0.717, 1.165) is 6.42 Å². The maximum atomic E-state index is 2.20. The van der Waals surface area contributed by atoms with Gasteiger partial charge in [0.25, 0.3) is 0 Å². The van der Waals surface area contributed by atoms with Crippen molar-refractivity contribution in [1.29, 1.82) is 0 Å². The van der Waals surface area contributed by atoms with Gasteiger partial charge in [0, 0.05) is 0 Å². The molecule has 0 aliphatic rings. The predicted molar refractivity (Wildman–Crippen MR) is 81.4 cm³/mol. The maximum absolute atomic E-state index is 2.20. The van der Waals surface area contributed by atoms with Crippen LogP contribution < -0.4 is 0 Å². The number of benzene rings is 2. The van der Waals surface area contributed by atoms with Crippen molar-refractivity contribution >= 4 is 0 Å². The van der Waals surface area contributed by atoms with Crippen molar-refractivity contribution in [3.63, 3.8) is 0 Å². The summed E-state index contributed by atoms with van der Waals surface area (Å²) in [5.74, 6) is 0. The lowest BCUT2D eigenvalue weighted by Crippen LogP contribution is -1.80. The average Bonchev–Trinajstić information content (AvgIpc) is 2.30. The van der Waals surface area contributed by atoms with E-state index in [4.69, 9.17) is 0 Å². The first-order valence-electron chi connectivity index (χ1n) is 5.04. The summed E-state index contributed by atoms with van der Waals surface area (Å²) in [6.07, 6.45) is 1.11. The SMILES string of the molecule is C.C.C.CCc1ccc(-c2ccccc2)cc1. The molecule has 0 fully saturated rings. The second-order valence-electron chi connectivity index (χ2n) is 3.42. The molecule has 94 valence electrons. The summed E-state index contributed by atoms with van der Waals surface area (Å²) in [4.78, 5) is 0. The van der Waals surface area contributed by atoms with E-state index in [1.54, 1.807) is 0 Å². The van der Waals surface area contributed by atoms with Crippen LogP contribution in [-0.2, 0) is 6.42 Å². The molecule has 0 heterocycles. The second kappa shape index (κ2) is 8.58. The molecular formula is C17H26. The van der Waals surface area contributed by atoms with Gasteiger partial charge in [-0.15, -0.1) is 0 Å². The third kappa shape index (κ3) is 4.44. The van der Waals surface area contributed by atoms with Gasteiger partial charge in [0.05, 0.1) is 0 Å². The molecule has 0 amide bonds. The Morgan fingerprint density at radius 2 is 1.12 bits per heavy atom. The van der Waals surface area contributed by atoms with E-state index in [-0.39, 0.29) is 22.3 Å². The van der Waals surface area contributed by atoms with E-state index in [0.29, 0.717) is 0 Å². The molecule has 0 radical (unpaired) electrons.